The van der Waals surface area contributed by atoms with E-state index >= 15 is 0 Å². The molecule has 0 aromatic heterocycles. The zero-order valence-electron chi connectivity index (χ0n) is 12.5. The summed E-state index contributed by atoms with van der Waals surface area (Å²) in [4.78, 5) is 38.4. The van der Waals surface area contributed by atoms with Crippen molar-refractivity contribution in [1.82, 2.24) is 10.2 Å². The Morgan fingerprint density at radius 3 is 2.55 bits per heavy atom. The van der Waals surface area contributed by atoms with E-state index in [0.717, 1.165) is 10.5 Å². The summed E-state index contributed by atoms with van der Waals surface area (Å²) in [5.74, 6) is -1.23. The predicted molar refractivity (Wildman–Crippen MR) is 78.2 cm³/mol. The Labute approximate surface area is 128 Å². The van der Waals surface area contributed by atoms with Crippen molar-refractivity contribution in [1.29, 1.82) is 0 Å². The van der Waals surface area contributed by atoms with Crippen LogP contribution in [0.25, 0.3) is 0 Å². The second-order valence-electron chi connectivity index (χ2n) is 6.02. The SMILES string of the molecule is CC(C)c1cccc2c1C(=O)N(C1CC[C@@H](O)NC1=O)C2=O. The van der Waals surface area contributed by atoms with Gasteiger partial charge in [0.05, 0.1) is 11.1 Å². The lowest BCUT2D eigenvalue weighted by molar-refractivity contribution is -0.131. The molecule has 2 aliphatic rings. The summed E-state index contributed by atoms with van der Waals surface area (Å²) in [6.07, 6.45) is -0.318. The lowest BCUT2D eigenvalue weighted by Crippen LogP contribution is -2.55. The molecule has 2 aliphatic heterocycles. The number of aliphatic hydroxyl groups is 1. The lowest BCUT2D eigenvalue weighted by Gasteiger charge is -2.31. The number of benzene rings is 1. The third kappa shape index (κ3) is 2.11. The van der Waals surface area contributed by atoms with Gasteiger partial charge < -0.3 is 10.4 Å². The summed E-state index contributed by atoms with van der Waals surface area (Å²) in [6, 6.07) is 4.36. The molecule has 1 unspecified atom stereocenters. The van der Waals surface area contributed by atoms with Crippen LogP contribution >= 0.6 is 0 Å². The van der Waals surface area contributed by atoms with Crippen molar-refractivity contribution in [3.8, 4) is 0 Å². The second-order valence-corrected chi connectivity index (χ2v) is 6.02. The molecule has 0 aliphatic carbocycles. The van der Waals surface area contributed by atoms with Crippen LogP contribution in [0.4, 0.5) is 0 Å². The van der Waals surface area contributed by atoms with Gasteiger partial charge in [0.25, 0.3) is 11.8 Å². The number of imide groups is 1. The molecule has 1 saturated heterocycles. The minimum atomic E-state index is -0.912. The van der Waals surface area contributed by atoms with Gasteiger partial charge in [-0.2, -0.15) is 0 Å². The van der Waals surface area contributed by atoms with Gasteiger partial charge in [-0.25, -0.2) is 0 Å². The summed E-state index contributed by atoms with van der Waals surface area (Å²) in [5, 5.41) is 11.8. The number of amides is 3. The molecule has 0 saturated carbocycles. The van der Waals surface area contributed by atoms with Crippen molar-refractivity contribution in [2.45, 2.75) is 44.9 Å². The molecule has 3 amide bonds. The van der Waals surface area contributed by atoms with Gasteiger partial charge >= 0.3 is 0 Å². The Morgan fingerprint density at radius 1 is 1.18 bits per heavy atom. The van der Waals surface area contributed by atoms with Crippen LogP contribution in [-0.2, 0) is 4.79 Å². The van der Waals surface area contributed by atoms with E-state index in [9.17, 15) is 19.5 Å². The average molecular weight is 302 g/mol. The van der Waals surface area contributed by atoms with Crippen LogP contribution in [0.15, 0.2) is 18.2 Å². The van der Waals surface area contributed by atoms with Crippen LogP contribution < -0.4 is 5.32 Å². The van der Waals surface area contributed by atoms with Crippen molar-refractivity contribution in [2.24, 2.45) is 0 Å². The zero-order valence-corrected chi connectivity index (χ0v) is 12.5. The first kappa shape index (κ1) is 14.7. The van der Waals surface area contributed by atoms with Gasteiger partial charge in [-0.15, -0.1) is 0 Å². The van der Waals surface area contributed by atoms with E-state index in [4.69, 9.17) is 0 Å². The van der Waals surface area contributed by atoms with Crippen LogP contribution in [0.2, 0.25) is 0 Å². The number of rotatable bonds is 2. The Hall–Kier alpha value is -2.21. The van der Waals surface area contributed by atoms with Crippen LogP contribution in [-0.4, -0.2) is 40.0 Å². The smallest absolute Gasteiger partial charge is 0.262 e. The van der Waals surface area contributed by atoms with Gasteiger partial charge in [-0.1, -0.05) is 26.0 Å². The molecular formula is C16H18N2O4. The van der Waals surface area contributed by atoms with E-state index in [-0.39, 0.29) is 12.3 Å². The van der Waals surface area contributed by atoms with Gasteiger partial charge in [0.1, 0.15) is 12.3 Å². The van der Waals surface area contributed by atoms with E-state index in [1.807, 2.05) is 19.9 Å². The average Bonchev–Trinajstić information content (AvgIpc) is 2.72. The van der Waals surface area contributed by atoms with Crippen molar-refractivity contribution in [3.05, 3.63) is 34.9 Å². The van der Waals surface area contributed by atoms with Crippen molar-refractivity contribution in [2.75, 3.05) is 0 Å². The van der Waals surface area contributed by atoms with E-state index in [0.29, 0.717) is 17.5 Å². The lowest BCUT2D eigenvalue weighted by atomic mass is 9.94. The standard InChI is InChI=1S/C16H18N2O4/c1-8(2)9-4-3-5-10-13(9)16(22)18(15(10)21)11-6-7-12(19)17-14(11)20/h3-5,8,11-12,19H,6-7H2,1-2H3,(H,17,20)/t11?,12-/m1/s1. The highest BCUT2D eigenvalue weighted by Gasteiger charge is 2.45. The molecule has 116 valence electrons. The summed E-state index contributed by atoms with van der Waals surface area (Å²) in [6.45, 7) is 3.92. The largest absolute Gasteiger partial charge is 0.374 e. The molecule has 3 rings (SSSR count). The van der Waals surface area contributed by atoms with Gasteiger partial charge in [-0.3, -0.25) is 19.3 Å². The fourth-order valence-electron chi connectivity index (χ4n) is 3.12. The zero-order chi connectivity index (χ0) is 16.0. The second kappa shape index (κ2) is 5.21. The minimum Gasteiger partial charge on any atom is -0.374 e. The molecule has 22 heavy (non-hydrogen) atoms. The van der Waals surface area contributed by atoms with E-state index < -0.39 is 30.0 Å². The summed E-state index contributed by atoms with van der Waals surface area (Å²) in [5.41, 5.74) is 1.58. The van der Waals surface area contributed by atoms with Gasteiger partial charge in [-0.05, 0) is 30.4 Å². The number of aliphatic hydroxyl groups excluding tert-OH is 1. The first-order valence-electron chi connectivity index (χ1n) is 7.41. The van der Waals surface area contributed by atoms with Crippen molar-refractivity contribution < 1.29 is 19.5 Å². The first-order valence-corrected chi connectivity index (χ1v) is 7.41. The van der Waals surface area contributed by atoms with Crippen LogP contribution in [0.5, 0.6) is 0 Å². The molecular weight excluding hydrogens is 284 g/mol. The molecule has 2 N–H and O–H groups in total. The van der Waals surface area contributed by atoms with Crippen LogP contribution in [0.3, 0.4) is 0 Å². The van der Waals surface area contributed by atoms with Gasteiger partial charge in [0.15, 0.2) is 0 Å². The fraction of sp³-hybridized carbons (Fsp3) is 0.438. The number of hydrogen-bond acceptors (Lipinski definition) is 4. The molecule has 1 fully saturated rings. The number of nitrogens with one attached hydrogen (secondary N) is 1. The molecule has 1 aromatic rings. The summed E-state index contributed by atoms with van der Waals surface area (Å²) < 4.78 is 0. The predicted octanol–water partition coefficient (Wildman–Crippen LogP) is 1.00. The van der Waals surface area contributed by atoms with Gasteiger partial charge in [0.2, 0.25) is 5.91 Å². The molecule has 2 atom stereocenters. The van der Waals surface area contributed by atoms with E-state index in [2.05, 4.69) is 5.32 Å². The Bertz CT molecular complexity index is 668. The topological polar surface area (TPSA) is 86.7 Å². The Balaban J connectivity index is 2.00. The monoisotopic (exact) mass is 302 g/mol. The normalized spacial score (nSPS) is 24.7. The van der Waals surface area contributed by atoms with Gasteiger partial charge in [0, 0.05) is 0 Å². The number of carbonyl (C=O) groups excluding carboxylic acids is 3. The molecule has 6 heteroatoms. The Kier molecular flexibility index (Phi) is 3.48. The maximum absolute atomic E-state index is 12.7. The number of carbonyl (C=O) groups is 3. The number of fused-ring (bicyclic) bond motifs is 1. The molecule has 0 bridgehead atoms. The molecule has 2 heterocycles. The number of piperidine rings is 1. The fourth-order valence-corrected chi connectivity index (χ4v) is 3.12. The van der Waals surface area contributed by atoms with Crippen molar-refractivity contribution >= 4 is 17.7 Å². The summed E-state index contributed by atoms with van der Waals surface area (Å²) in [7, 11) is 0. The molecule has 1 aromatic carbocycles. The minimum absolute atomic E-state index is 0.105. The molecule has 6 nitrogen and oxygen atoms in total. The quantitative estimate of drug-likeness (QED) is 0.798. The highest BCUT2D eigenvalue weighted by molar-refractivity contribution is 6.23. The first-order chi connectivity index (χ1) is 10.4. The maximum atomic E-state index is 12.7. The highest BCUT2D eigenvalue weighted by atomic mass is 16.3. The highest BCUT2D eigenvalue weighted by Crippen LogP contribution is 2.32. The third-order valence-electron chi connectivity index (χ3n) is 4.24. The van der Waals surface area contributed by atoms with Crippen LogP contribution in [0.1, 0.15) is 58.9 Å². The molecule has 0 spiro atoms. The number of nitrogens with zero attached hydrogens (tertiary/aromatic N) is 1. The molecule has 0 radical (unpaired) electrons. The van der Waals surface area contributed by atoms with E-state index in [1.165, 1.54) is 0 Å². The van der Waals surface area contributed by atoms with Crippen molar-refractivity contribution in [3.63, 3.8) is 0 Å². The third-order valence-corrected chi connectivity index (χ3v) is 4.24. The maximum Gasteiger partial charge on any atom is 0.262 e. The Morgan fingerprint density at radius 2 is 1.91 bits per heavy atom. The van der Waals surface area contributed by atoms with E-state index in [1.54, 1.807) is 12.1 Å². The summed E-state index contributed by atoms with van der Waals surface area (Å²) >= 11 is 0. The van der Waals surface area contributed by atoms with Crippen LogP contribution in [0, 0.1) is 0 Å². The number of hydrogen-bond donors (Lipinski definition) is 2.